The van der Waals surface area contributed by atoms with Crippen LogP contribution in [0.4, 0.5) is 0 Å². The summed E-state index contributed by atoms with van der Waals surface area (Å²) in [6.07, 6.45) is 8.65. The van der Waals surface area contributed by atoms with Gasteiger partial charge in [-0.15, -0.1) is 0 Å². The summed E-state index contributed by atoms with van der Waals surface area (Å²) in [5.41, 5.74) is 1.39. The van der Waals surface area contributed by atoms with Crippen molar-refractivity contribution < 1.29 is 9.59 Å². The van der Waals surface area contributed by atoms with Gasteiger partial charge in [0.05, 0.1) is 11.1 Å². The van der Waals surface area contributed by atoms with Crippen molar-refractivity contribution in [3.05, 3.63) is 36.0 Å². The first-order valence-electron chi connectivity index (χ1n) is 8.08. The van der Waals surface area contributed by atoms with Crippen molar-refractivity contribution >= 4 is 22.7 Å². The van der Waals surface area contributed by atoms with Crippen LogP contribution < -0.4 is 5.32 Å². The lowest BCUT2D eigenvalue weighted by Gasteiger charge is -2.15. The number of rotatable bonds is 2. The molecule has 0 atom stereocenters. The van der Waals surface area contributed by atoms with Crippen LogP contribution in [-0.2, 0) is 0 Å². The molecule has 4 heteroatoms. The molecule has 4 nitrogen and oxygen atoms in total. The fraction of sp³-hybridized carbons (Fsp3) is 0.444. The van der Waals surface area contributed by atoms with E-state index in [1.54, 1.807) is 10.8 Å². The second-order valence-corrected chi connectivity index (χ2v) is 6.11. The van der Waals surface area contributed by atoms with Gasteiger partial charge in [-0.25, -0.2) is 0 Å². The molecule has 1 fully saturated rings. The Morgan fingerprint density at radius 2 is 1.77 bits per heavy atom. The molecule has 1 N–H and O–H groups in total. The number of carbonyl (C=O) groups excluding carboxylic acids is 2. The van der Waals surface area contributed by atoms with E-state index in [4.69, 9.17) is 0 Å². The number of fused-ring (bicyclic) bond motifs is 1. The van der Waals surface area contributed by atoms with E-state index in [0.717, 1.165) is 23.7 Å². The summed E-state index contributed by atoms with van der Waals surface area (Å²) >= 11 is 0. The first kappa shape index (κ1) is 14.8. The number of nitrogens with one attached hydrogen (secondary N) is 1. The summed E-state index contributed by atoms with van der Waals surface area (Å²) in [4.78, 5) is 24.4. The van der Waals surface area contributed by atoms with Gasteiger partial charge in [0.1, 0.15) is 0 Å². The molecule has 1 aliphatic rings. The SMILES string of the molecule is CC(=O)n1cc(C(=O)NC2CCCCCC2)c2ccccc21. The number of hydrogen-bond donors (Lipinski definition) is 1. The predicted molar refractivity (Wildman–Crippen MR) is 87.2 cm³/mol. The van der Waals surface area contributed by atoms with Gasteiger partial charge in [-0.2, -0.15) is 0 Å². The predicted octanol–water partition coefficient (Wildman–Crippen LogP) is 3.75. The van der Waals surface area contributed by atoms with Gasteiger partial charge >= 0.3 is 0 Å². The highest BCUT2D eigenvalue weighted by Crippen LogP contribution is 2.23. The van der Waals surface area contributed by atoms with E-state index in [9.17, 15) is 9.59 Å². The summed E-state index contributed by atoms with van der Waals surface area (Å²) in [7, 11) is 0. The van der Waals surface area contributed by atoms with Crippen LogP contribution >= 0.6 is 0 Å². The first-order chi connectivity index (χ1) is 10.7. The lowest BCUT2D eigenvalue weighted by Crippen LogP contribution is -2.34. The molecule has 0 radical (unpaired) electrons. The number of benzene rings is 1. The van der Waals surface area contributed by atoms with Crippen molar-refractivity contribution in [2.45, 2.75) is 51.5 Å². The highest BCUT2D eigenvalue weighted by atomic mass is 16.2. The van der Waals surface area contributed by atoms with Crippen molar-refractivity contribution in [1.29, 1.82) is 0 Å². The molecule has 22 heavy (non-hydrogen) atoms. The zero-order chi connectivity index (χ0) is 15.5. The summed E-state index contributed by atoms with van der Waals surface area (Å²) in [5, 5.41) is 3.99. The minimum absolute atomic E-state index is 0.0666. The van der Waals surface area contributed by atoms with Crippen LogP contribution in [0.2, 0.25) is 0 Å². The van der Waals surface area contributed by atoms with Crippen LogP contribution in [0, 0.1) is 0 Å². The Morgan fingerprint density at radius 3 is 2.45 bits per heavy atom. The Hall–Kier alpha value is -2.10. The Kier molecular flexibility index (Phi) is 4.27. The number of carbonyl (C=O) groups is 2. The lowest BCUT2D eigenvalue weighted by molar-refractivity contribution is 0.0935. The first-order valence-corrected chi connectivity index (χ1v) is 8.08. The molecule has 0 spiro atoms. The maximum atomic E-state index is 12.6. The number of para-hydroxylation sites is 1. The topological polar surface area (TPSA) is 51.1 Å². The third kappa shape index (κ3) is 2.91. The zero-order valence-electron chi connectivity index (χ0n) is 13.0. The smallest absolute Gasteiger partial charge is 0.253 e. The van der Waals surface area contributed by atoms with E-state index in [1.807, 2.05) is 24.3 Å². The quantitative estimate of drug-likeness (QED) is 0.858. The van der Waals surface area contributed by atoms with E-state index >= 15 is 0 Å². The molecular weight excluding hydrogens is 276 g/mol. The molecule has 1 aromatic heterocycles. The van der Waals surface area contributed by atoms with E-state index in [2.05, 4.69) is 5.32 Å². The number of hydrogen-bond acceptors (Lipinski definition) is 2. The van der Waals surface area contributed by atoms with Crippen LogP contribution in [0.1, 0.15) is 60.6 Å². The standard InChI is InChI=1S/C18H22N2O2/c1-13(21)20-12-16(15-10-6-7-11-17(15)20)18(22)19-14-8-4-2-3-5-9-14/h6-7,10-12,14H,2-5,8-9H2,1H3,(H,19,22). The summed E-state index contributed by atoms with van der Waals surface area (Å²) in [6.45, 7) is 1.51. The molecule has 0 bridgehead atoms. The lowest BCUT2D eigenvalue weighted by atomic mass is 10.1. The summed E-state index contributed by atoms with van der Waals surface area (Å²) in [5.74, 6) is -0.146. The molecule has 0 unspecified atom stereocenters. The second kappa shape index (κ2) is 6.34. The molecular formula is C18H22N2O2. The fourth-order valence-electron chi connectivity index (χ4n) is 3.31. The van der Waals surface area contributed by atoms with Gasteiger partial charge in [0.2, 0.25) is 5.91 Å². The number of aromatic nitrogens is 1. The molecule has 1 amide bonds. The fourth-order valence-corrected chi connectivity index (χ4v) is 3.31. The van der Waals surface area contributed by atoms with Crippen LogP contribution in [-0.4, -0.2) is 22.4 Å². The largest absolute Gasteiger partial charge is 0.349 e. The van der Waals surface area contributed by atoms with Gasteiger partial charge in [-0.3, -0.25) is 14.2 Å². The van der Waals surface area contributed by atoms with Crippen molar-refractivity contribution in [2.75, 3.05) is 0 Å². The number of amides is 1. The van der Waals surface area contributed by atoms with Crippen LogP contribution in [0.3, 0.4) is 0 Å². The maximum Gasteiger partial charge on any atom is 0.253 e. The van der Waals surface area contributed by atoms with Gasteiger partial charge in [0, 0.05) is 24.5 Å². The Labute approximate surface area is 130 Å². The second-order valence-electron chi connectivity index (χ2n) is 6.11. The minimum Gasteiger partial charge on any atom is -0.349 e. The Bertz CT molecular complexity index is 694. The molecule has 1 saturated carbocycles. The molecule has 1 aliphatic carbocycles. The summed E-state index contributed by atoms with van der Waals surface area (Å²) < 4.78 is 1.55. The van der Waals surface area contributed by atoms with Crippen LogP contribution in [0.15, 0.2) is 30.5 Å². The average molecular weight is 298 g/mol. The van der Waals surface area contributed by atoms with E-state index < -0.39 is 0 Å². The Morgan fingerprint density at radius 1 is 1.09 bits per heavy atom. The molecule has 1 aromatic carbocycles. The minimum atomic E-state index is -0.0790. The molecule has 1 heterocycles. The highest BCUT2D eigenvalue weighted by Gasteiger charge is 2.20. The summed E-state index contributed by atoms with van der Waals surface area (Å²) in [6, 6.07) is 7.81. The van der Waals surface area contributed by atoms with E-state index in [-0.39, 0.29) is 17.9 Å². The monoisotopic (exact) mass is 298 g/mol. The van der Waals surface area contributed by atoms with Gasteiger partial charge in [-0.05, 0) is 18.9 Å². The molecule has 3 rings (SSSR count). The molecule has 0 saturated heterocycles. The van der Waals surface area contributed by atoms with Gasteiger partial charge in [0.25, 0.3) is 5.91 Å². The van der Waals surface area contributed by atoms with Crippen molar-refractivity contribution in [1.82, 2.24) is 9.88 Å². The molecule has 2 aromatic rings. The average Bonchev–Trinajstić information content (AvgIpc) is 2.72. The van der Waals surface area contributed by atoms with Crippen molar-refractivity contribution in [2.24, 2.45) is 0 Å². The van der Waals surface area contributed by atoms with Crippen molar-refractivity contribution in [3.8, 4) is 0 Å². The van der Waals surface area contributed by atoms with Crippen LogP contribution in [0.25, 0.3) is 10.9 Å². The Balaban J connectivity index is 1.88. The zero-order valence-corrected chi connectivity index (χ0v) is 13.0. The maximum absolute atomic E-state index is 12.6. The van der Waals surface area contributed by atoms with Crippen molar-refractivity contribution in [3.63, 3.8) is 0 Å². The number of nitrogens with zero attached hydrogens (tertiary/aromatic N) is 1. The normalized spacial score (nSPS) is 16.4. The van der Waals surface area contributed by atoms with Crippen LogP contribution in [0.5, 0.6) is 0 Å². The third-order valence-electron chi connectivity index (χ3n) is 4.49. The third-order valence-corrected chi connectivity index (χ3v) is 4.49. The van der Waals surface area contributed by atoms with Gasteiger partial charge in [-0.1, -0.05) is 43.9 Å². The molecule has 116 valence electrons. The van der Waals surface area contributed by atoms with E-state index in [0.29, 0.717) is 5.56 Å². The van der Waals surface area contributed by atoms with E-state index in [1.165, 1.54) is 32.6 Å². The highest BCUT2D eigenvalue weighted by molar-refractivity contribution is 6.09. The molecule has 0 aliphatic heterocycles. The van der Waals surface area contributed by atoms with Gasteiger partial charge < -0.3 is 5.32 Å². The van der Waals surface area contributed by atoms with Gasteiger partial charge in [0.15, 0.2) is 0 Å².